The number of aromatic nitrogens is 4. The van der Waals surface area contributed by atoms with Crippen molar-refractivity contribution < 1.29 is 4.79 Å². The maximum Gasteiger partial charge on any atom is 0.250 e. The fourth-order valence-corrected chi connectivity index (χ4v) is 3.42. The van der Waals surface area contributed by atoms with Crippen LogP contribution in [0.1, 0.15) is 40.5 Å². The topological polar surface area (TPSA) is 72.7 Å². The first-order valence-corrected chi connectivity index (χ1v) is 8.80. The molecule has 0 spiro atoms. The first kappa shape index (κ1) is 16.4. The number of benzene rings is 1. The Morgan fingerprint density at radius 1 is 1.12 bits per heavy atom. The van der Waals surface area contributed by atoms with E-state index in [-0.39, 0.29) is 11.7 Å². The van der Waals surface area contributed by atoms with E-state index in [0.717, 1.165) is 23.4 Å². The Labute approximate surface area is 152 Å². The normalized spacial score (nSPS) is 16.4. The van der Waals surface area contributed by atoms with Crippen molar-refractivity contribution in [2.24, 2.45) is 5.92 Å². The third kappa shape index (κ3) is 2.77. The molecular weight excluding hydrogens is 326 g/mol. The lowest BCUT2D eigenvalue weighted by Crippen LogP contribution is -2.20. The van der Waals surface area contributed by atoms with Crippen LogP contribution < -0.4 is 5.32 Å². The van der Waals surface area contributed by atoms with Crippen molar-refractivity contribution in [1.29, 1.82) is 0 Å². The molecule has 0 saturated carbocycles. The summed E-state index contributed by atoms with van der Waals surface area (Å²) in [6.45, 7) is 6.21. The zero-order valence-corrected chi connectivity index (χ0v) is 15.2. The molecule has 0 aliphatic heterocycles. The molecule has 3 aromatic rings. The third-order valence-electron chi connectivity index (χ3n) is 4.93. The monoisotopic (exact) mass is 347 g/mol. The van der Waals surface area contributed by atoms with Gasteiger partial charge in [-0.1, -0.05) is 19.1 Å². The van der Waals surface area contributed by atoms with Gasteiger partial charge in [0.1, 0.15) is 0 Å². The van der Waals surface area contributed by atoms with Crippen molar-refractivity contribution in [2.75, 3.05) is 5.32 Å². The average Bonchev–Trinajstić information content (AvgIpc) is 2.98. The highest BCUT2D eigenvalue weighted by Crippen LogP contribution is 2.34. The van der Waals surface area contributed by atoms with Gasteiger partial charge in [0.25, 0.3) is 5.95 Å². The predicted octanol–water partition coefficient (Wildman–Crippen LogP) is 3.79. The van der Waals surface area contributed by atoms with Gasteiger partial charge in [0.15, 0.2) is 11.6 Å². The van der Waals surface area contributed by atoms with Crippen LogP contribution in [-0.2, 0) is 6.42 Å². The average molecular weight is 347 g/mol. The minimum absolute atomic E-state index is 0.119. The number of anilines is 2. The van der Waals surface area contributed by atoms with Crippen LogP contribution in [0.2, 0.25) is 0 Å². The molecule has 6 heteroatoms. The second kappa shape index (κ2) is 6.37. The number of nitrogens with zero attached hydrogens (tertiary/aromatic N) is 4. The van der Waals surface area contributed by atoms with E-state index in [0.29, 0.717) is 23.8 Å². The van der Waals surface area contributed by atoms with Gasteiger partial charge in [0.2, 0.25) is 0 Å². The molecule has 1 aliphatic rings. The number of rotatable bonds is 3. The van der Waals surface area contributed by atoms with Crippen molar-refractivity contribution in [3.05, 3.63) is 59.0 Å². The van der Waals surface area contributed by atoms with E-state index >= 15 is 0 Å². The molecule has 1 aromatic carbocycles. The van der Waals surface area contributed by atoms with Crippen LogP contribution in [0.3, 0.4) is 0 Å². The molecule has 132 valence electrons. The largest absolute Gasteiger partial charge is 0.338 e. The summed E-state index contributed by atoms with van der Waals surface area (Å²) in [5, 5.41) is 8.04. The van der Waals surface area contributed by atoms with Crippen LogP contribution in [0.25, 0.3) is 5.95 Å². The quantitative estimate of drug-likeness (QED) is 0.780. The summed E-state index contributed by atoms with van der Waals surface area (Å²) in [5.41, 5.74) is 4.83. The second-order valence-corrected chi connectivity index (χ2v) is 6.94. The lowest BCUT2D eigenvalue weighted by atomic mass is 9.88. The summed E-state index contributed by atoms with van der Waals surface area (Å²) in [7, 11) is 0. The standard InChI is InChI=1S/C20H21N5O/c1-12-10-16-18(17(26)11-12)19(23-15-7-4-6-13(2)14(15)3)24-25(16)20-21-8-5-9-22-20/h4-9,12H,10-11H2,1-3H3,(H,23,24). The number of Topliss-reactive ketones (excluding diaryl/α,β-unsaturated/α-hetero) is 1. The van der Waals surface area contributed by atoms with Gasteiger partial charge >= 0.3 is 0 Å². The Morgan fingerprint density at radius 2 is 1.88 bits per heavy atom. The summed E-state index contributed by atoms with van der Waals surface area (Å²) in [6, 6.07) is 7.84. The zero-order valence-electron chi connectivity index (χ0n) is 15.2. The first-order valence-electron chi connectivity index (χ1n) is 8.80. The van der Waals surface area contributed by atoms with Crippen molar-refractivity contribution in [3.63, 3.8) is 0 Å². The molecule has 1 aliphatic carbocycles. The van der Waals surface area contributed by atoms with Crippen LogP contribution in [0.15, 0.2) is 36.7 Å². The van der Waals surface area contributed by atoms with E-state index < -0.39 is 0 Å². The fraction of sp³-hybridized carbons (Fsp3) is 0.300. The maximum atomic E-state index is 12.8. The molecule has 2 aromatic heterocycles. The van der Waals surface area contributed by atoms with Gasteiger partial charge in [-0.25, -0.2) is 14.6 Å². The smallest absolute Gasteiger partial charge is 0.250 e. The lowest BCUT2D eigenvalue weighted by Gasteiger charge is -2.19. The fourth-order valence-electron chi connectivity index (χ4n) is 3.42. The first-order chi connectivity index (χ1) is 12.5. The van der Waals surface area contributed by atoms with Gasteiger partial charge in [0, 0.05) is 24.5 Å². The molecule has 0 fully saturated rings. The van der Waals surface area contributed by atoms with Crippen LogP contribution in [0.4, 0.5) is 11.5 Å². The van der Waals surface area contributed by atoms with Crippen LogP contribution in [-0.4, -0.2) is 25.5 Å². The SMILES string of the molecule is Cc1cccc(Nc2nn(-c3ncccn3)c3c2C(=O)CC(C)C3)c1C. The molecule has 0 amide bonds. The van der Waals surface area contributed by atoms with Crippen LogP contribution >= 0.6 is 0 Å². The number of hydrogen-bond acceptors (Lipinski definition) is 5. The highest BCUT2D eigenvalue weighted by molar-refractivity contribution is 6.03. The van der Waals surface area contributed by atoms with Crippen LogP contribution in [0.5, 0.6) is 0 Å². The molecule has 2 heterocycles. The van der Waals surface area contributed by atoms with Crippen molar-refractivity contribution in [2.45, 2.75) is 33.6 Å². The van der Waals surface area contributed by atoms with E-state index in [9.17, 15) is 4.79 Å². The number of carbonyl (C=O) groups excluding carboxylic acids is 1. The van der Waals surface area contributed by atoms with Crippen molar-refractivity contribution in [1.82, 2.24) is 19.7 Å². The Morgan fingerprint density at radius 3 is 2.65 bits per heavy atom. The number of aryl methyl sites for hydroxylation is 1. The van der Waals surface area contributed by atoms with Gasteiger partial charge in [-0.2, -0.15) is 0 Å². The highest BCUT2D eigenvalue weighted by atomic mass is 16.1. The van der Waals surface area contributed by atoms with Gasteiger partial charge in [-0.05, 0) is 49.4 Å². The molecular formula is C20H21N5O. The third-order valence-corrected chi connectivity index (χ3v) is 4.93. The summed E-state index contributed by atoms with van der Waals surface area (Å²) in [6.07, 6.45) is 4.68. The molecule has 0 radical (unpaired) electrons. The van der Waals surface area contributed by atoms with Crippen molar-refractivity contribution >= 4 is 17.3 Å². The summed E-state index contributed by atoms with van der Waals surface area (Å²) in [4.78, 5) is 21.4. The van der Waals surface area contributed by atoms with E-state index in [4.69, 9.17) is 0 Å². The van der Waals surface area contributed by atoms with Gasteiger partial charge < -0.3 is 5.32 Å². The molecule has 0 bridgehead atoms. The van der Waals surface area contributed by atoms with E-state index in [1.165, 1.54) is 5.56 Å². The zero-order chi connectivity index (χ0) is 18.3. The van der Waals surface area contributed by atoms with Crippen molar-refractivity contribution in [3.8, 4) is 5.95 Å². The minimum atomic E-state index is 0.119. The Hall–Kier alpha value is -3.02. The molecule has 1 atom stereocenters. The molecule has 1 unspecified atom stereocenters. The number of ketones is 1. The summed E-state index contributed by atoms with van der Waals surface area (Å²) in [5.74, 6) is 1.47. The minimum Gasteiger partial charge on any atom is -0.338 e. The van der Waals surface area contributed by atoms with Gasteiger partial charge in [-0.3, -0.25) is 4.79 Å². The maximum absolute atomic E-state index is 12.8. The number of hydrogen-bond donors (Lipinski definition) is 1. The molecule has 26 heavy (non-hydrogen) atoms. The highest BCUT2D eigenvalue weighted by Gasteiger charge is 2.31. The Kier molecular flexibility index (Phi) is 4.03. The molecule has 1 N–H and O–H groups in total. The van der Waals surface area contributed by atoms with Gasteiger partial charge in [0.05, 0.1) is 11.3 Å². The summed E-state index contributed by atoms with van der Waals surface area (Å²) < 4.78 is 1.70. The Bertz CT molecular complexity index is 977. The summed E-state index contributed by atoms with van der Waals surface area (Å²) >= 11 is 0. The number of fused-ring (bicyclic) bond motifs is 1. The Balaban J connectivity index is 1.85. The lowest BCUT2D eigenvalue weighted by molar-refractivity contribution is 0.0953. The van der Waals surface area contributed by atoms with Crippen LogP contribution in [0, 0.1) is 19.8 Å². The predicted molar refractivity (Wildman–Crippen MR) is 100 cm³/mol. The molecule has 0 saturated heterocycles. The van der Waals surface area contributed by atoms with E-state index in [2.05, 4.69) is 47.2 Å². The van der Waals surface area contributed by atoms with E-state index in [1.807, 2.05) is 12.1 Å². The number of nitrogens with one attached hydrogen (secondary N) is 1. The van der Waals surface area contributed by atoms with E-state index in [1.54, 1.807) is 23.1 Å². The molecule has 4 rings (SSSR count). The van der Waals surface area contributed by atoms with Gasteiger partial charge in [-0.15, -0.1) is 5.10 Å². The second-order valence-electron chi connectivity index (χ2n) is 6.94. The molecule has 6 nitrogen and oxygen atoms in total. The number of carbonyl (C=O) groups is 1.